The maximum Gasteiger partial charge on any atom is 0.272 e. The number of rotatable bonds is 2. The molecule has 3 rings (SSSR count). The number of carbonyl (C=O) groups is 1. The third kappa shape index (κ3) is 2.51. The van der Waals surface area contributed by atoms with Gasteiger partial charge >= 0.3 is 0 Å². The molecule has 1 unspecified atom stereocenters. The van der Waals surface area contributed by atoms with E-state index in [0.29, 0.717) is 0 Å². The predicted molar refractivity (Wildman–Crippen MR) is 78.0 cm³/mol. The molecule has 0 radical (unpaired) electrons. The normalized spacial score (nSPS) is 22.1. The first-order valence-electron chi connectivity index (χ1n) is 7.33. The average Bonchev–Trinajstić information content (AvgIpc) is 2.90. The number of hydrogen-bond acceptors (Lipinski definition) is 4. The van der Waals surface area contributed by atoms with E-state index in [1.165, 1.54) is 0 Å². The standard InChI is InChI=1S/C15H19N3O3/c1-11(19)16-7-9-17(10-8-16)14-6-5-13-12(14)3-2-4-15(13)18(20)21/h2-4,14H,5-10H2,1H3. The zero-order valence-corrected chi connectivity index (χ0v) is 12.1. The van der Waals surface area contributed by atoms with Gasteiger partial charge in [0, 0.05) is 50.8 Å². The van der Waals surface area contributed by atoms with Gasteiger partial charge in [-0.05, 0) is 18.4 Å². The first-order valence-corrected chi connectivity index (χ1v) is 7.33. The Balaban J connectivity index is 1.78. The second-order valence-corrected chi connectivity index (χ2v) is 5.70. The molecule has 1 aliphatic carbocycles. The van der Waals surface area contributed by atoms with Crippen LogP contribution in [0.15, 0.2) is 18.2 Å². The van der Waals surface area contributed by atoms with E-state index < -0.39 is 0 Å². The molecule has 6 heteroatoms. The molecule has 0 bridgehead atoms. The molecule has 1 heterocycles. The molecule has 6 nitrogen and oxygen atoms in total. The van der Waals surface area contributed by atoms with Gasteiger partial charge in [0.15, 0.2) is 0 Å². The number of hydrogen-bond donors (Lipinski definition) is 0. The van der Waals surface area contributed by atoms with Crippen LogP contribution >= 0.6 is 0 Å². The molecule has 1 amide bonds. The Morgan fingerprint density at radius 3 is 2.62 bits per heavy atom. The second-order valence-electron chi connectivity index (χ2n) is 5.70. The molecule has 1 aliphatic heterocycles. The second kappa shape index (κ2) is 5.44. The van der Waals surface area contributed by atoms with Crippen molar-refractivity contribution >= 4 is 11.6 Å². The number of fused-ring (bicyclic) bond motifs is 1. The van der Waals surface area contributed by atoms with Crippen molar-refractivity contribution in [1.82, 2.24) is 9.80 Å². The lowest BCUT2D eigenvalue weighted by Crippen LogP contribution is -2.48. The summed E-state index contributed by atoms with van der Waals surface area (Å²) in [6.45, 7) is 4.77. The molecule has 0 spiro atoms. The Morgan fingerprint density at radius 1 is 1.29 bits per heavy atom. The Kier molecular flexibility index (Phi) is 3.63. The SMILES string of the molecule is CC(=O)N1CCN(C2CCc3c2cccc3[N+](=O)[O-])CC1. The molecular formula is C15H19N3O3. The van der Waals surface area contributed by atoms with Crippen molar-refractivity contribution in [2.75, 3.05) is 26.2 Å². The highest BCUT2D eigenvalue weighted by atomic mass is 16.6. The molecule has 1 fully saturated rings. The van der Waals surface area contributed by atoms with Crippen LogP contribution in [0.5, 0.6) is 0 Å². The van der Waals surface area contributed by atoms with Crippen molar-refractivity contribution in [3.63, 3.8) is 0 Å². The Bertz CT molecular complexity index is 580. The van der Waals surface area contributed by atoms with Crippen molar-refractivity contribution in [3.8, 4) is 0 Å². The molecular weight excluding hydrogens is 270 g/mol. The third-order valence-corrected chi connectivity index (χ3v) is 4.61. The monoisotopic (exact) mass is 289 g/mol. The Labute approximate surface area is 123 Å². The molecule has 21 heavy (non-hydrogen) atoms. The topological polar surface area (TPSA) is 66.7 Å². The van der Waals surface area contributed by atoms with Crippen molar-refractivity contribution in [2.24, 2.45) is 0 Å². The summed E-state index contributed by atoms with van der Waals surface area (Å²) in [5.41, 5.74) is 2.24. The number of benzene rings is 1. The fourth-order valence-electron chi connectivity index (χ4n) is 3.51. The van der Waals surface area contributed by atoms with E-state index in [1.807, 2.05) is 11.0 Å². The molecule has 0 N–H and O–H groups in total. The van der Waals surface area contributed by atoms with Gasteiger partial charge in [-0.15, -0.1) is 0 Å². The minimum Gasteiger partial charge on any atom is -0.340 e. The minimum atomic E-state index is -0.283. The zero-order valence-electron chi connectivity index (χ0n) is 12.1. The summed E-state index contributed by atoms with van der Waals surface area (Å²) < 4.78 is 0. The maximum absolute atomic E-state index is 11.4. The van der Waals surface area contributed by atoms with Gasteiger partial charge in [-0.1, -0.05) is 12.1 Å². The van der Waals surface area contributed by atoms with Gasteiger partial charge in [-0.2, -0.15) is 0 Å². The number of nitro benzene ring substituents is 1. The fraction of sp³-hybridized carbons (Fsp3) is 0.533. The van der Waals surface area contributed by atoms with Crippen LogP contribution in [0.4, 0.5) is 5.69 Å². The summed E-state index contributed by atoms with van der Waals surface area (Å²) in [7, 11) is 0. The quantitative estimate of drug-likeness (QED) is 0.614. The van der Waals surface area contributed by atoms with Crippen LogP contribution < -0.4 is 0 Å². The largest absolute Gasteiger partial charge is 0.340 e. The van der Waals surface area contributed by atoms with E-state index in [1.54, 1.807) is 19.1 Å². The number of amides is 1. The van der Waals surface area contributed by atoms with E-state index in [9.17, 15) is 14.9 Å². The van der Waals surface area contributed by atoms with Crippen molar-refractivity contribution < 1.29 is 9.72 Å². The molecule has 2 aliphatic rings. The Morgan fingerprint density at radius 2 is 2.00 bits per heavy atom. The number of nitro groups is 1. The van der Waals surface area contributed by atoms with Crippen molar-refractivity contribution in [1.29, 1.82) is 0 Å². The van der Waals surface area contributed by atoms with Crippen LogP contribution in [0.2, 0.25) is 0 Å². The summed E-state index contributed by atoms with van der Waals surface area (Å²) in [6.07, 6.45) is 1.70. The summed E-state index contributed by atoms with van der Waals surface area (Å²) in [5, 5.41) is 11.1. The predicted octanol–water partition coefficient (Wildman–Crippen LogP) is 1.75. The molecule has 0 aromatic heterocycles. The highest BCUT2D eigenvalue weighted by Gasteiger charge is 2.34. The Hall–Kier alpha value is -1.95. The van der Waals surface area contributed by atoms with Crippen molar-refractivity contribution in [2.45, 2.75) is 25.8 Å². The summed E-state index contributed by atoms with van der Waals surface area (Å²) in [4.78, 5) is 26.4. The average molecular weight is 289 g/mol. The third-order valence-electron chi connectivity index (χ3n) is 4.61. The van der Waals surface area contributed by atoms with Crippen molar-refractivity contribution in [3.05, 3.63) is 39.4 Å². The van der Waals surface area contributed by atoms with E-state index in [0.717, 1.165) is 50.1 Å². The molecule has 1 aromatic rings. The smallest absolute Gasteiger partial charge is 0.272 e. The van der Waals surface area contributed by atoms with Gasteiger partial charge in [0.2, 0.25) is 5.91 Å². The number of nitrogens with zero attached hydrogens (tertiary/aromatic N) is 3. The van der Waals surface area contributed by atoms with Crippen LogP contribution in [0.3, 0.4) is 0 Å². The lowest BCUT2D eigenvalue weighted by molar-refractivity contribution is -0.385. The first kappa shape index (κ1) is 14.0. The minimum absolute atomic E-state index is 0.122. The van der Waals surface area contributed by atoms with Gasteiger partial charge in [-0.25, -0.2) is 0 Å². The zero-order chi connectivity index (χ0) is 15.0. The van der Waals surface area contributed by atoms with E-state index in [2.05, 4.69) is 4.90 Å². The van der Waals surface area contributed by atoms with Crippen LogP contribution in [-0.4, -0.2) is 46.8 Å². The molecule has 0 saturated carbocycles. The van der Waals surface area contributed by atoms with Crippen LogP contribution in [0.25, 0.3) is 0 Å². The van der Waals surface area contributed by atoms with Crippen LogP contribution in [0, 0.1) is 10.1 Å². The van der Waals surface area contributed by atoms with Gasteiger partial charge in [-0.3, -0.25) is 19.8 Å². The molecule has 1 atom stereocenters. The molecule has 1 aromatic carbocycles. The first-order chi connectivity index (χ1) is 10.1. The lowest BCUT2D eigenvalue weighted by atomic mass is 10.0. The summed E-state index contributed by atoms with van der Waals surface area (Å²) >= 11 is 0. The lowest BCUT2D eigenvalue weighted by Gasteiger charge is -2.38. The highest BCUT2D eigenvalue weighted by molar-refractivity contribution is 5.73. The summed E-state index contributed by atoms with van der Waals surface area (Å²) in [6, 6.07) is 5.64. The van der Waals surface area contributed by atoms with E-state index in [-0.39, 0.29) is 22.6 Å². The van der Waals surface area contributed by atoms with Crippen LogP contribution in [-0.2, 0) is 11.2 Å². The highest BCUT2D eigenvalue weighted by Crippen LogP contribution is 2.40. The maximum atomic E-state index is 11.4. The number of piperazine rings is 1. The van der Waals surface area contributed by atoms with Gasteiger partial charge in [0.1, 0.15) is 0 Å². The van der Waals surface area contributed by atoms with E-state index in [4.69, 9.17) is 0 Å². The molecule has 112 valence electrons. The molecule has 1 saturated heterocycles. The van der Waals surface area contributed by atoms with Gasteiger partial charge in [0.05, 0.1) is 4.92 Å². The van der Waals surface area contributed by atoms with Gasteiger partial charge in [0.25, 0.3) is 5.69 Å². The summed E-state index contributed by atoms with van der Waals surface area (Å²) in [5.74, 6) is 0.122. The van der Waals surface area contributed by atoms with Crippen LogP contribution in [0.1, 0.15) is 30.5 Å². The number of carbonyl (C=O) groups excluding carboxylic acids is 1. The van der Waals surface area contributed by atoms with Gasteiger partial charge < -0.3 is 4.90 Å². The fourth-order valence-corrected chi connectivity index (χ4v) is 3.51. The van der Waals surface area contributed by atoms with E-state index >= 15 is 0 Å².